The normalized spacial score (nSPS) is 9.32. The molecule has 3 aromatic rings. The van der Waals surface area contributed by atoms with Gasteiger partial charge < -0.3 is 5.11 Å². The molecular formula is C14H12N2O2Pd. The first kappa shape index (κ1) is 15.2. The maximum atomic E-state index is 9.00. The molecule has 5 heteroatoms. The van der Waals surface area contributed by atoms with Crippen LogP contribution in [0.4, 0.5) is 0 Å². The van der Waals surface area contributed by atoms with E-state index in [1.54, 1.807) is 12.4 Å². The van der Waals surface area contributed by atoms with E-state index in [0.717, 1.165) is 28.7 Å². The Morgan fingerprint density at radius 1 is 0.947 bits per heavy atom. The summed E-state index contributed by atoms with van der Waals surface area (Å²) < 4.78 is 0. The van der Waals surface area contributed by atoms with Gasteiger partial charge in [0, 0.05) is 50.5 Å². The van der Waals surface area contributed by atoms with E-state index in [-0.39, 0.29) is 20.4 Å². The second kappa shape index (κ2) is 6.93. The zero-order valence-electron chi connectivity index (χ0n) is 10.2. The standard InChI is InChI=1S/C12H8N2.C2H4O2.Pd/c1-3-9-5-6-10-4-2-8-14-12(10)11(9)13-7-1;1-2(3)4;/h1-8H;1H3,(H,3,4);. The number of hydrogen-bond acceptors (Lipinski definition) is 3. The van der Waals surface area contributed by atoms with E-state index in [2.05, 4.69) is 34.2 Å². The first-order valence-corrected chi connectivity index (χ1v) is 5.46. The number of pyridine rings is 2. The van der Waals surface area contributed by atoms with Crippen LogP contribution in [0.1, 0.15) is 6.92 Å². The van der Waals surface area contributed by atoms with Crippen molar-refractivity contribution < 1.29 is 30.3 Å². The molecule has 0 unspecified atom stereocenters. The van der Waals surface area contributed by atoms with Gasteiger partial charge in [-0.15, -0.1) is 0 Å². The molecule has 0 aliphatic rings. The van der Waals surface area contributed by atoms with Crippen LogP contribution in [0.15, 0.2) is 48.8 Å². The van der Waals surface area contributed by atoms with E-state index in [0.29, 0.717) is 0 Å². The molecule has 4 nitrogen and oxygen atoms in total. The van der Waals surface area contributed by atoms with Crippen molar-refractivity contribution >= 4 is 27.8 Å². The fourth-order valence-corrected chi connectivity index (χ4v) is 1.68. The number of benzene rings is 1. The Labute approximate surface area is 124 Å². The summed E-state index contributed by atoms with van der Waals surface area (Å²) in [7, 11) is 0. The number of carbonyl (C=O) groups is 1. The summed E-state index contributed by atoms with van der Waals surface area (Å²) in [6.45, 7) is 1.08. The van der Waals surface area contributed by atoms with Gasteiger partial charge in [-0.2, -0.15) is 0 Å². The fourth-order valence-electron chi connectivity index (χ4n) is 1.68. The van der Waals surface area contributed by atoms with Crippen molar-refractivity contribution in [3.8, 4) is 0 Å². The Balaban J connectivity index is 0.000000323. The van der Waals surface area contributed by atoms with Gasteiger partial charge in [0.2, 0.25) is 0 Å². The molecule has 19 heavy (non-hydrogen) atoms. The molecule has 1 N–H and O–H groups in total. The molecule has 0 aliphatic carbocycles. The minimum absolute atomic E-state index is 0. The van der Waals surface area contributed by atoms with Crippen molar-refractivity contribution in [2.75, 3.05) is 0 Å². The molecule has 2 aromatic heterocycles. The van der Waals surface area contributed by atoms with Crippen LogP contribution in [0.3, 0.4) is 0 Å². The quantitative estimate of drug-likeness (QED) is 0.502. The van der Waals surface area contributed by atoms with Crippen LogP contribution >= 0.6 is 0 Å². The molecule has 0 atom stereocenters. The van der Waals surface area contributed by atoms with E-state index in [1.807, 2.05) is 12.1 Å². The molecule has 0 fully saturated rings. The summed E-state index contributed by atoms with van der Waals surface area (Å²) >= 11 is 0. The maximum absolute atomic E-state index is 9.00. The van der Waals surface area contributed by atoms with Gasteiger partial charge in [0.1, 0.15) is 0 Å². The predicted octanol–water partition coefficient (Wildman–Crippen LogP) is 2.87. The number of rotatable bonds is 0. The number of nitrogens with zero attached hydrogens (tertiary/aromatic N) is 2. The second-order valence-electron chi connectivity index (χ2n) is 3.73. The van der Waals surface area contributed by atoms with Gasteiger partial charge in [0.15, 0.2) is 0 Å². The third-order valence-electron chi connectivity index (χ3n) is 2.34. The Morgan fingerprint density at radius 2 is 1.32 bits per heavy atom. The Hall–Kier alpha value is -1.83. The molecule has 0 bridgehead atoms. The Bertz CT molecular complexity index is 642. The third kappa shape index (κ3) is 3.82. The van der Waals surface area contributed by atoms with Crippen LogP contribution < -0.4 is 0 Å². The summed E-state index contributed by atoms with van der Waals surface area (Å²) in [5, 5.41) is 9.69. The number of carboxylic acids is 1. The van der Waals surface area contributed by atoms with Crippen molar-refractivity contribution in [2.24, 2.45) is 0 Å². The van der Waals surface area contributed by atoms with E-state index in [9.17, 15) is 0 Å². The molecule has 0 saturated carbocycles. The first-order valence-electron chi connectivity index (χ1n) is 5.46. The fraction of sp³-hybridized carbons (Fsp3) is 0.0714. The minimum atomic E-state index is -0.833. The summed E-state index contributed by atoms with van der Waals surface area (Å²) in [4.78, 5) is 17.7. The number of fused-ring (bicyclic) bond motifs is 3. The van der Waals surface area contributed by atoms with Crippen LogP contribution in [0.25, 0.3) is 21.8 Å². The van der Waals surface area contributed by atoms with Gasteiger partial charge >= 0.3 is 0 Å². The monoisotopic (exact) mass is 346 g/mol. The molecule has 0 amide bonds. The zero-order chi connectivity index (χ0) is 13.0. The third-order valence-corrected chi connectivity index (χ3v) is 2.34. The first-order chi connectivity index (χ1) is 8.68. The van der Waals surface area contributed by atoms with Gasteiger partial charge in [-0.1, -0.05) is 24.3 Å². The Kier molecular flexibility index (Phi) is 5.56. The van der Waals surface area contributed by atoms with Crippen molar-refractivity contribution in [1.82, 2.24) is 9.97 Å². The van der Waals surface area contributed by atoms with Crippen molar-refractivity contribution in [2.45, 2.75) is 6.92 Å². The molecule has 3 rings (SSSR count). The number of aliphatic carboxylic acids is 1. The smallest absolute Gasteiger partial charge is 0.300 e. The average molecular weight is 347 g/mol. The zero-order valence-corrected chi connectivity index (χ0v) is 11.7. The van der Waals surface area contributed by atoms with Crippen LogP contribution in [0.2, 0.25) is 0 Å². The molecule has 100 valence electrons. The number of hydrogen-bond donors (Lipinski definition) is 1. The van der Waals surface area contributed by atoms with Gasteiger partial charge in [-0.05, 0) is 12.1 Å². The molecule has 0 radical (unpaired) electrons. The second-order valence-corrected chi connectivity index (χ2v) is 3.73. The topological polar surface area (TPSA) is 63.1 Å². The Morgan fingerprint density at radius 3 is 1.68 bits per heavy atom. The molecule has 1 aromatic carbocycles. The number of aromatic nitrogens is 2. The van der Waals surface area contributed by atoms with Crippen molar-refractivity contribution in [3.05, 3.63) is 48.8 Å². The summed E-state index contributed by atoms with van der Waals surface area (Å²) in [5.41, 5.74) is 1.95. The molecule has 0 spiro atoms. The molecule has 0 saturated heterocycles. The summed E-state index contributed by atoms with van der Waals surface area (Å²) in [6.07, 6.45) is 3.60. The van der Waals surface area contributed by atoms with Gasteiger partial charge in [-0.25, -0.2) is 0 Å². The van der Waals surface area contributed by atoms with E-state index >= 15 is 0 Å². The van der Waals surface area contributed by atoms with E-state index < -0.39 is 5.97 Å². The molecule has 2 heterocycles. The van der Waals surface area contributed by atoms with Crippen LogP contribution in [-0.2, 0) is 25.2 Å². The van der Waals surface area contributed by atoms with Crippen LogP contribution in [-0.4, -0.2) is 21.0 Å². The molecular weight excluding hydrogens is 335 g/mol. The minimum Gasteiger partial charge on any atom is -0.481 e. The largest absolute Gasteiger partial charge is 0.481 e. The van der Waals surface area contributed by atoms with Crippen molar-refractivity contribution in [3.63, 3.8) is 0 Å². The van der Waals surface area contributed by atoms with Gasteiger partial charge in [-0.3, -0.25) is 14.8 Å². The van der Waals surface area contributed by atoms with Gasteiger partial charge in [0.05, 0.1) is 11.0 Å². The summed E-state index contributed by atoms with van der Waals surface area (Å²) in [6, 6.07) is 12.1. The van der Waals surface area contributed by atoms with Crippen molar-refractivity contribution in [1.29, 1.82) is 0 Å². The van der Waals surface area contributed by atoms with E-state index in [4.69, 9.17) is 9.90 Å². The SMILES string of the molecule is CC(=O)O.[Pd].c1cnc2c(c1)ccc1cccnc12. The van der Waals surface area contributed by atoms with Gasteiger partial charge in [0.25, 0.3) is 5.97 Å². The van der Waals surface area contributed by atoms with Crippen LogP contribution in [0.5, 0.6) is 0 Å². The van der Waals surface area contributed by atoms with Crippen LogP contribution in [0, 0.1) is 0 Å². The predicted molar refractivity (Wildman–Crippen MR) is 70.4 cm³/mol. The average Bonchev–Trinajstić information content (AvgIpc) is 2.38. The molecule has 0 aliphatic heterocycles. The summed E-state index contributed by atoms with van der Waals surface area (Å²) in [5.74, 6) is -0.833. The number of carboxylic acid groups (broad SMARTS) is 1. The maximum Gasteiger partial charge on any atom is 0.300 e. The van der Waals surface area contributed by atoms with E-state index in [1.165, 1.54) is 0 Å².